The Labute approximate surface area is 129 Å². The van der Waals surface area contributed by atoms with E-state index in [2.05, 4.69) is 5.32 Å². The minimum atomic E-state index is -0.449. The zero-order valence-electron chi connectivity index (χ0n) is 12.6. The van der Waals surface area contributed by atoms with E-state index in [1.165, 1.54) is 6.07 Å². The number of para-hydroxylation sites is 1. The van der Waals surface area contributed by atoms with Gasteiger partial charge in [0.05, 0.1) is 17.6 Å². The molecule has 2 amide bonds. The Morgan fingerprint density at radius 1 is 1.45 bits per heavy atom. The number of hydrogen-bond acceptors (Lipinski definition) is 4. The minimum Gasteiger partial charge on any atom is -0.393 e. The summed E-state index contributed by atoms with van der Waals surface area (Å²) in [5.41, 5.74) is 0.496. The molecule has 7 heteroatoms. The summed E-state index contributed by atoms with van der Waals surface area (Å²) in [4.78, 5) is 24.3. The maximum Gasteiger partial charge on any atom is 0.317 e. The van der Waals surface area contributed by atoms with Gasteiger partial charge in [-0.05, 0) is 25.7 Å². The molecule has 1 unspecified atom stereocenters. The minimum absolute atomic E-state index is 0.00983. The molecule has 0 bridgehead atoms. The third-order valence-electron chi connectivity index (χ3n) is 4.13. The first-order chi connectivity index (χ1) is 10.5. The molecule has 1 atom stereocenters. The second-order valence-corrected chi connectivity index (χ2v) is 5.61. The van der Waals surface area contributed by atoms with E-state index in [1.54, 1.807) is 30.0 Å². The number of carbonyl (C=O) groups is 1. The number of urea groups is 1. The summed E-state index contributed by atoms with van der Waals surface area (Å²) in [7, 11) is 0. The van der Waals surface area contributed by atoms with Crippen molar-refractivity contribution in [2.24, 2.45) is 5.92 Å². The first kappa shape index (κ1) is 16.2. The highest BCUT2D eigenvalue weighted by atomic mass is 16.6. The van der Waals surface area contributed by atoms with Crippen LogP contribution in [0.25, 0.3) is 0 Å². The second kappa shape index (κ2) is 7.22. The number of benzene rings is 1. The summed E-state index contributed by atoms with van der Waals surface area (Å²) >= 11 is 0. The van der Waals surface area contributed by atoms with Gasteiger partial charge in [0.1, 0.15) is 0 Å². The zero-order chi connectivity index (χ0) is 16.1. The van der Waals surface area contributed by atoms with E-state index in [1.807, 2.05) is 0 Å². The van der Waals surface area contributed by atoms with Crippen LogP contribution in [0.3, 0.4) is 0 Å². The highest BCUT2D eigenvalue weighted by Gasteiger charge is 2.25. The standard InChI is InChI=1S/C15H21N3O4/c1-11(19)12-6-8-17(9-7-12)15(20)16-10-13-4-2-3-5-14(13)18(21)22/h2-5,11-12,19H,6-10H2,1H3,(H,16,20). The topological polar surface area (TPSA) is 95.7 Å². The van der Waals surface area contributed by atoms with Gasteiger partial charge in [0.25, 0.3) is 5.69 Å². The number of piperidine rings is 1. The van der Waals surface area contributed by atoms with E-state index in [-0.39, 0.29) is 30.3 Å². The van der Waals surface area contributed by atoms with Crippen molar-refractivity contribution < 1.29 is 14.8 Å². The summed E-state index contributed by atoms with van der Waals surface area (Å²) in [6, 6.07) is 6.16. The first-order valence-electron chi connectivity index (χ1n) is 7.42. The van der Waals surface area contributed by atoms with Crippen molar-refractivity contribution in [1.29, 1.82) is 0 Å². The number of rotatable bonds is 4. The van der Waals surface area contributed by atoms with E-state index in [9.17, 15) is 20.0 Å². The smallest absolute Gasteiger partial charge is 0.317 e. The molecule has 2 rings (SSSR count). The van der Waals surface area contributed by atoms with Crippen LogP contribution in [0.4, 0.5) is 10.5 Å². The number of aliphatic hydroxyl groups is 1. The number of carbonyl (C=O) groups excluding carboxylic acids is 1. The maximum atomic E-state index is 12.1. The number of aliphatic hydroxyl groups excluding tert-OH is 1. The van der Waals surface area contributed by atoms with E-state index in [0.29, 0.717) is 18.7 Å². The third kappa shape index (κ3) is 3.94. The summed E-state index contributed by atoms with van der Waals surface area (Å²) in [5.74, 6) is 0.235. The van der Waals surface area contributed by atoms with Crippen molar-refractivity contribution in [3.05, 3.63) is 39.9 Å². The van der Waals surface area contributed by atoms with Crippen LogP contribution in [-0.4, -0.2) is 40.2 Å². The van der Waals surface area contributed by atoms with Crippen LogP contribution in [0.2, 0.25) is 0 Å². The van der Waals surface area contributed by atoms with Gasteiger partial charge in [0, 0.05) is 24.7 Å². The van der Waals surface area contributed by atoms with Crippen molar-refractivity contribution in [3.63, 3.8) is 0 Å². The Morgan fingerprint density at radius 2 is 2.09 bits per heavy atom. The van der Waals surface area contributed by atoms with Gasteiger partial charge in [-0.2, -0.15) is 0 Å². The van der Waals surface area contributed by atoms with Crippen LogP contribution in [0, 0.1) is 16.0 Å². The van der Waals surface area contributed by atoms with Crippen molar-refractivity contribution in [2.45, 2.75) is 32.4 Å². The molecule has 0 spiro atoms. The third-order valence-corrected chi connectivity index (χ3v) is 4.13. The van der Waals surface area contributed by atoms with Crippen LogP contribution in [0.1, 0.15) is 25.3 Å². The van der Waals surface area contributed by atoms with E-state index in [0.717, 1.165) is 12.8 Å². The average Bonchev–Trinajstić information content (AvgIpc) is 2.52. The molecule has 0 aromatic heterocycles. The van der Waals surface area contributed by atoms with Crippen LogP contribution < -0.4 is 5.32 Å². The highest BCUT2D eigenvalue weighted by molar-refractivity contribution is 5.74. The van der Waals surface area contributed by atoms with Crippen LogP contribution in [0.15, 0.2) is 24.3 Å². The van der Waals surface area contributed by atoms with Crippen LogP contribution >= 0.6 is 0 Å². The molecule has 7 nitrogen and oxygen atoms in total. The van der Waals surface area contributed by atoms with Crippen LogP contribution in [0.5, 0.6) is 0 Å². The molecule has 120 valence electrons. The predicted octanol–water partition coefficient (Wildman–Crippen LogP) is 1.90. The molecular formula is C15H21N3O4. The molecule has 1 aromatic carbocycles. The Morgan fingerprint density at radius 3 is 2.68 bits per heavy atom. The molecule has 1 saturated heterocycles. The SMILES string of the molecule is CC(O)C1CCN(C(=O)NCc2ccccc2[N+](=O)[O-])CC1. The first-order valence-corrected chi connectivity index (χ1v) is 7.42. The Bertz CT molecular complexity index is 539. The van der Waals surface area contributed by atoms with E-state index in [4.69, 9.17) is 0 Å². The number of nitro benzene ring substituents is 1. The Hall–Kier alpha value is -2.15. The summed E-state index contributed by atoms with van der Waals surface area (Å²) < 4.78 is 0. The van der Waals surface area contributed by atoms with Crippen molar-refractivity contribution in [3.8, 4) is 0 Å². The number of amides is 2. The number of likely N-dealkylation sites (tertiary alicyclic amines) is 1. The second-order valence-electron chi connectivity index (χ2n) is 5.61. The number of nitrogens with one attached hydrogen (secondary N) is 1. The van der Waals surface area contributed by atoms with Gasteiger partial charge >= 0.3 is 6.03 Å². The normalized spacial score (nSPS) is 17.1. The summed E-state index contributed by atoms with van der Waals surface area (Å²) in [5, 5.41) is 23.2. The highest BCUT2D eigenvalue weighted by Crippen LogP contribution is 2.21. The van der Waals surface area contributed by atoms with E-state index >= 15 is 0 Å². The molecule has 2 N–H and O–H groups in total. The molecule has 1 fully saturated rings. The van der Waals surface area contributed by atoms with Gasteiger partial charge in [-0.1, -0.05) is 18.2 Å². The summed E-state index contributed by atoms with van der Waals surface area (Å²) in [6.07, 6.45) is 1.20. The zero-order valence-corrected chi connectivity index (χ0v) is 12.6. The molecule has 0 radical (unpaired) electrons. The van der Waals surface area contributed by atoms with Gasteiger partial charge in [0.2, 0.25) is 0 Å². The summed E-state index contributed by atoms with van der Waals surface area (Å²) in [6.45, 7) is 3.10. The molecule has 0 aliphatic carbocycles. The van der Waals surface area contributed by atoms with Gasteiger partial charge in [-0.3, -0.25) is 10.1 Å². The van der Waals surface area contributed by atoms with Gasteiger partial charge < -0.3 is 15.3 Å². The number of hydrogen-bond donors (Lipinski definition) is 2. The fraction of sp³-hybridized carbons (Fsp3) is 0.533. The fourth-order valence-electron chi connectivity index (χ4n) is 2.71. The Balaban J connectivity index is 1.88. The lowest BCUT2D eigenvalue weighted by Crippen LogP contribution is -2.45. The largest absolute Gasteiger partial charge is 0.393 e. The Kier molecular flexibility index (Phi) is 5.32. The van der Waals surface area contributed by atoms with Crippen molar-refractivity contribution in [2.75, 3.05) is 13.1 Å². The number of nitrogens with zero attached hydrogens (tertiary/aromatic N) is 2. The lowest BCUT2D eigenvalue weighted by molar-refractivity contribution is -0.385. The molecule has 1 aliphatic rings. The quantitative estimate of drug-likeness (QED) is 0.656. The van der Waals surface area contributed by atoms with Gasteiger partial charge in [-0.15, -0.1) is 0 Å². The fourth-order valence-corrected chi connectivity index (χ4v) is 2.71. The lowest BCUT2D eigenvalue weighted by Gasteiger charge is -2.33. The average molecular weight is 307 g/mol. The molecule has 22 heavy (non-hydrogen) atoms. The van der Waals surface area contributed by atoms with Gasteiger partial charge in [-0.25, -0.2) is 4.79 Å². The van der Waals surface area contributed by atoms with Crippen molar-refractivity contribution in [1.82, 2.24) is 10.2 Å². The molecule has 1 heterocycles. The van der Waals surface area contributed by atoms with Gasteiger partial charge in [0.15, 0.2) is 0 Å². The number of nitro groups is 1. The lowest BCUT2D eigenvalue weighted by atomic mass is 9.92. The monoisotopic (exact) mass is 307 g/mol. The molecule has 1 aromatic rings. The van der Waals surface area contributed by atoms with Crippen molar-refractivity contribution >= 4 is 11.7 Å². The van der Waals surface area contributed by atoms with E-state index < -0.39 is 4.92 Å². The maximum absolute atomic E-state index is 12.1. The van der Waals surface area contributed by atoms with Crippen LogP contribution in [-0.2, 0) is 6.54 Å². The molecule has 0 saturated carbocycles. The predicted molar refractivity (Wildman–Crippen MR) is 81.3 cm³/mol. The molecule has 1 aliphatic heterocycles. The molecular weight excluding hydrogens is 286 g/mol.